The molecule has 1 aliphatic rings. The summed E-state index contributed by atoms with van der Waals surface area (Å²) >= 11 is 7.05. The fraction of sp³-hybridized carbons (Fsp3) is 0.571. The second-order valence-corrected chi connectivity index (χ2v) is 7.58. The van der Waals surface area contributed by atoms with E-state index in [0.717, 1.165) is 28.6 Å². The molecule has 0 radical (unpaired) electrons. The van der Waals surface area contributed by atoms with Crippen LogP contribution in [0.3, 0.4) is 0 Å². The molecule has 1 unspecified atom stereocenters. The van der Waals surface area contributed by atoms with Crippen molar-refractivity contribution >= 4 is 31.9 Å². The Hall–Kier alpha value is 0.1000. The predicted octanol–water partition coefficient (Wildman–Crippen LogP) is 3.64. The van der Waals surface area contributed by atoms with Crippen molar-refractivity contribution in [2.45, 2.75) is 26.4 Å². The van der Waals surface area contributed by atoms with Gasteiger partial charge in [-0.2, -0.15) is 0 Å². The second-order valence-electron chi connectivity index (χ2n) is 5.87. The number of rotatable bonds is 3. The van der Waals surface area contributed by atoms with Gasteiger partial charge in [0.1, 0.15) is 0 Å². The first-order valence-electron chi connectivity index (χ1n) is 6.24. The van der Waals surface area contributed by atoms with E-state index in [1.165, 1.54) is 5.56 Å². The molecule has 4 heteroatoms. The molecule has 1 aromatic carbocycles. The van der Waals surface area contributed by atoms with Crippen LogP contribution in [0.5, 0.6) is 0 Å². The van der Waals surface area contributed by atoms with Crippen LogP contribution in [0, 0.1) is 5.41 Å². The fourth-order valence-corrected chi connectivity index (χ4v) is 3.33. The highest BCUT2D eigenvalue weighted by Gasteiger charge is 2.37. The predicted molar refractivity (Wildman–Crippen MR) is 83.7 cm³/mol. The minimum absolute atomic E-state index is 0.349. The van der Waals surface area contributed by atoms with Gasteiger partial charge in [0, 0.05) is 34.6 Å². The average Bonchev–Trinajstić information content (AvgIpc) is 2.53. The largest absolute Gasteiger partial charge is 0.308 e. The Labute approximate surface area is 126 Å². The van der Waals surface area contributed by atoms with Crippen LogP contribution in [-0.2, 0) is 6.54 Å². The molecule has 1 heterocycles. The highest BCUT2D eigenvalue weighted by molar-refractivity contribution is 9.13. The maximum absolute atomic E-state index is 3.69. The van der Waals surface area contributed by atoms with Crippen LogP contribution in [0.2, 0.25) is 0 Å². The fourth-order valence-electron chi connectivity index (χ4n) is 2.66. The van der Waals surface area contributed by atoms with E-state index in [9.17, 15) is 0 Å². The third-order valence-corrected chi connectivity index (χ3v) is 5.53. The summed E-state index contributed by atoms with van der Waals surface area (Å²) in [5, 5.41) is 3.69. The summed E-state index contributed by atoms with van der Waals surface area (Å²) in [6.45, 7) is 7.89. The number of likely N-dealkylation sites (tertiary alicyclic amines) is 1. The summed E-state index contributed by atoms with van der Waals surface area (Å²) in [7, 11) is 2.19. The van der Waals surface area contributed by atoms with Crippen molar-refractivity contribution in [3.05, 3.63) is 32.7 Å². The van der Waals surface area contributed by atoms with Gasteiger partial charge in [-0.1, -0.05) is 19.9 Å². The molecule has 1 N–H and O–H groups in total. The van der Waals surface area contributed by atoms with Crippen molar-refractivity contribution in [2.24, 2.45) is 5.41 Å². The normalized spacial score (nSPS) is 23.5. The van der Waals surface area contributed by atoms with Gasteiger partial charge in [-0.3, -0.25) is 0 Å². The lowest BCUT2D eigenvalue weighted by Crippen LogP contribution is -2.40. The molecule has 0 aromatic heterocycles. The molecule has 100 valence electrons. The quantitative estimate of drug-likeness (QED) is 0.867. The van der Waals surface area contributed by atoms with Crippen molar-refractivity contribution in [3.8, 4) is 0 Å². The summed E-state index contributed by atoms with van der Waals surface area (Å²) in [4.78, 5) is 2.40. The van der Waals surface area contributed by atoms with Crippen LogP contribution in [-0.4, -0.2) is 31.1 Å². The highest BCUT2D eigenvalue weighted by atomic mass is 79.9. The molecular formula is C14H20Br2N2. The molecule has 1 aliphatic heterocycles. The molecule has 1 aromatic rings. The lowest BCUT2D eigenvalue weighted by atomic mass is 9.88. The number of nitrogens with zero attached hydrogens (tertiary/aromatic N) is 1. The van der Waals surface area contributed by atoms with E-state index < -0.39 is 0 Å². The number of likely N-dealkylation sites (N-methyl/N-ethyl adjacent to an activating group) is 1. The Kier molecular flexibility index (Phi) is 4.52. The van der Waals surface area contributed by atoms with Crippen LogP contribution in [0.15, 0.2) is 27.1 Å². The molecule has 0 spiro atoms. The Morgan fingerprint density at radius 1 is 1.33 bits per heavy atom. The molecule has 1 saturated heterocycles. The Balaban J connectivity index is 1.97. The van der Waals surface area contributed by atoms with E-state index in [-0.39, 0.29) is 0 Å². The van der Waals surface area contributed by atoms with E-state index in [1.807, 2.05) is 0 Å². The van der Waals surface area contributed by atoms with Crippen LogP contribution >= 0.6 is 31.9 Å². The van der Waals surface area contributed by atoms with Crippen LogP contribution in [0.4, 0.5) is 0 Å². The van der Waals surface area contributed by atoms with Gasteiger partial charge in [0.25, 0.3) is 0 Å². The van der Waals surface area contributed by atoms with E-state index in [0.29, 0.717) is 11.5 Å². The summed E-state index contributed by atoms with van der Waals surface area (Å²) < 4.78 is 2.22. The topological polar surface area (TPSA) is 15.3 Å². The molecule has 18 heavy (non-hydrogen) atoms. The molecule has 1 fully saturated rings. The smallest absolute Gasteiger partial charge is 0.0320 e. The number of hydrogen-bond acceptors (Lipinski definition) is 2. The lowest BCUT2D eigenvalue weighted by Gasteiger charge is -2.26. The minimum atomic E-state index is 0.349. The Bertz CT molecular complexity index is 432. The Morgan fingerprint density at radius 2 is 2.06 bits per heavy atom. The second kappa shape index (κ2) is 5.61. The third-order valence-electron chi connectivity index (χ3n) is 3.65. The van der Waals surface area contributed by atoms with Gasteiger partial charge in [-0.15, -0.1) is 0 Å². The van der Waals surface area contributed by atoms with E-state index in [1.54, 1.807) is 0 Å². The molecule has 1 atom stereocenters. The van der Waals surface area contributed by atoms with E-state index in [4.69, 9.17) is 0 Å². The van der Waals surface area contributed by atoms with Crippen molar-refractivity contribution in [1.29, 1.82) is 0 Å². The monoisotopic (exact) mass is 374 g/mol. The average molecular weight is 376 g/mol. The molecule has 0 aliphatic carbocycles. The first-order chi connectivity index (χ1) is 8.38. The number of nitrogens with one attached hydrogen (secondary N) is 1. The molecule has 2 nitrogen and oxygen atoms in total. The molecule has 0 amide bonds. The van der Waals surface area contributed by atoms with Gasteiger partial charge in [0.05, 0.1) is 0 Å². The molecule has 2 rings (SSSR count). The minimum Gasteiger partial charge on any atom is -0.308 e. The van der Waals surface area contributed by atoms with Crippen molar-refractivity contribution in [2.75, 3.05) is 20.1 Å². The zero-order valence-corrected chi connectivity index (χ0v) is 14.3. The SMILES string of the molecule is CN1CC(NCc2ccc(Br)c(Br)c2)C(C)(C)C1. The molecular weight excluding hydrogens is 356 g/mol. The highest BCUT2D eigenvalue weighted by Crippen LogP contribution is 2.29. The first kappa shape index (κ1) is 14.5. The van der Waals surface area contributed by atoms with Crippen molar-refractivity contribution in [1.82, 2.24) is 10.2 Å². The standard InChI is InChI=1S/C14H20Br2N2/c1-14(2)9-18(3)8-13(14)17-7-10-4-5-11(15)12(16)6-10/h4-6,13,17H,7-9H2,1-3H3. The van der Waals surface area contributed by atoms with Gasteiger partial charge in [0.2, 0.25) is 0 Å². The zero-order chi connectivity index (χ0) is 13.3. The maximum atomic E-state index is 3.69. The van der Waals surface area contributed by atoms with Crippen LogP contribution < -0.4 is 5.32 Å². The summed E-state index contributed by atoms with van der Waals surface area (Å²) in [6, 6.07) is 6.98. The van der Waals surface area contributed by atoms with Crippen molar-refractivity contribution < 1.29 is 0 Å². The van der Waals surface area contributed by atoms with Crippen LogP contribution in [0.1, 0.15) is 19.4 Å². The van der Waals surface area contributed by atoms with Gasteiger partial charge in [-0.25, -0.2) is 0 Å². The summed E-state index contributed by atoms with van der Waals surface area (Å²) in [5.41, 5.74) is 1.66. The first-order valence-corrected chi connectivity index (χ1v) is 7.83. The number of hydrogen-bond donors (Lipinski definition) is 1. The number of benzene rings is 1. The van der Waals surface area contributed by atoms with Gasteiger partial charge < -0.3 is 10.2 Å². The lowest BCUT2D eigenvalue weighted by molar-refractivity contribution is 0.297. The molecule has 0 saturated carbocycles. The van der Waals surface area contributed by atoms with Gasteiger partial charge in [-0.05, 0) is 62.0 Å². The third kappa shape index (κ3) is 3.35. The van der Waals surface area contributed by atoms with E-state index >= 15 is 0 Å². The van der Waals surface area contributed by atoms with Gasteiger partial charge >= 0.3 is 0 Å². The van der Waals surface area contributed by atoms with Crippen molar-refractivity contribution in [3.63, 3.8) is 0 Å². The van der Waals surface area contributed by atoms with Crippen LogP contribution in [0.25, 0.3) is 0 Å². The van der Waals surface area contributed by atoms with E-state index in [2.05, 4.69) is 81.2 Å². The number of halogens is 2. The summed E-state index contributed by atoms with van der Waals surface area (Å²) in [5.74, 6) is 0. The summed E-state index contributed by atoms with van der Waals surface area (Å²) in [6.07, 6.45) is 0. The molecule has 0 bridgehead atoms. The zero-order valence-electron chi connectivity index (χ0n) is 11.1. The van der Waals surface area contributed by atoms with Gasteiger partial charge in [0.15, 0.2) is 0 Å². The maximum Gasteiger partial charge on any atom is 0.0320 e. The Morgan fingerprint density at radius 3 is 2.61 bits per heavy atom.